The Balaban J connectivity index is 0.00000312. The molecule has 0 amide bonds. The van der Waals surface area contributed by atoms with Crippen LogP contribution in [0.2, 0.25) is 0 Å². The zero-order chi connectivity index (χ0) is 17.2. The molecule has 0 bridgehead atoms. The van der Waals surface area contributed by atoms with E-state index in [1.165, 1.54) is 5.56 Å². The molecule has 7 heteroatoms. The first-order valence-electron chi connectivity index (χ1n) is 8.09. The zero-order valence-electron chi connectivity index (χ0n) is 14.9. The van der Waals surface area contributed by atoms with Crippen LogP contribution in [0.3, 0.4) is 0 Å². The molecule has 5 nitrogen and oxygen atoms in total. The van der Waals surface area contributed by atoms with E-state index < -0.39 is 0 Å². The lowest BCUT2D eigenvalue weighted by molar-refractivity contribution is 0.310. The summed E-state index contributed by atoms with van der Waals surface area (Å²) in [6.07, 6.45) is 0. The lowest BCUT2D eigenvalue weighted by Crippen LogP contribution is -2.36. The van der Waals surface area contributed by atoms with Crippen molar-refractivity contribution in [2.75, 3.05) is 20.3 Å². The molecule has 138 valence electrons. The molecule has 2 N–H and O–H groups in total. The van der Waals surface area contributed by atoms with E-state index in [2.05, 4.69) is 39.4 Å². The summed E-state index contributed by atoms with van der Waals surface area (Å²) in [6.45, 7) is 6.79. The molecule has 0 aliphatic heterocycles. The van der Waals surface area contributed by atoms with E-state index in [-0.39, 0.29) is 24.0 Å². The number of ether oxygens (including phenoxy) is 2. The van der Waals surface area contributed by atoms with Gasteiger partial charge in [0.2, 0.25) is 0 Å². The van der Waals surface area contributed by atoms with Gasteiger partial charge in [0.25, 0.3) is 0 Å². The number of methoxy groups -OCH3 is 1. The molecule has 0 aliphatic carbocycles. The van der Waals surface area contributed by atoms with Crippen LogP contribution in [-0.2, 0) is 13.1 Å². The van der Waals surface area contributed by atoms with E-state index in [9.17, 15) is 0 Å². The Morgan fingerprint density at radius 1 is 1.12 bits per heavy atom. The quantitative estimate of drug-likeness (QED) is 0.344. The van der Waals surface area contributed by atoms with Crippen LogP contribution in [-0.4, -0.2) is 26.2 Å². The fourth-order valence-electron chi connectivity index (χ4n) is 2.18. The Bertz CT molecular complexity index is 648. The van der Waals surface area contributed by atoms with Gasteiger partial charge in [0.15, 0.2) is 17.5 Å². The van der Waals surface area contributed by atoms with Crippen molar-refractivity contribution in [1.82, 2.24) is 10.6 Å². The van der Waals surface area contributed by atoms with Crippen LogP contribution in [0.5, 0.6) is 11.5 Å². The van der Waals surface area contributed by atoms with Crippen molar-refractivity contribution in [1.29, 1.82) is 0 Å². The minimum absolute atomic E-state index is 0. The average Bonchev–Trinajstić information content (AvgIpc) is 3.11. The van der Waals surface area contributed by atoms with Crippen LogP contribution < -0.4 is 20.1 Å². The summed E-state index contributed by atoms with van der Waals surface area (Å²) in [5, 5.41) is 10.8. The van der Waals surface area contributed by atoms with Gasteiger partial charge in [-0.05, 0) is 53.9 Å². The molecule has 0 saturated carbocycles. The third-order valence-electron chi connectivity index (χ3n) is 3.33. The van der Waals surface area contributed by atoms with E-state index >= 15 is 0 Å². The van der Waals surface area contributed by atoms with Crippen molar-refractivity contribution in [3.63, 3.8) is 0 Å². The minimum atomic E-state index is 0. The molecular formula is C18H26IN3O2S. The van der Waals surface area contributed by atoms with Crippen molar-refractivity contribution < 1.29 is 9.47 Å². The maximum atomic E-state index is 5.62. The Hall–Kier alpha value is -1.48. The summed E-state index contributed by atoms with van der Waals surface area (Å²) in [5.41, 5.74) is 2.33. The van der Waals surface area contributed by atoms with E-state index in [0.29, 0.717) is 19.7 Å². The highest BCUT2D eigenvalue weighted by atomic mass is 127. The van der Waals surface area contributed by atoms with E-state index in [0.717, 1.165) is 29.6 Å². The van der Waals surface area contributed by atoms with Crippen molar-refractivity contribution in [2.45, 2.75) is 26.9 Å². The molecule has 25 heavy (non-hydrogen) atoms. The lowest BCUT2D eigenvalue weighted by Gasteiger charge is -2.14. The second-order valence-corrected chi connectivity index (χ2v) is 5.88. The molecule has 0 fully saturated rings. The first-order chi connectivity index (χ1) is 11.8. The standard InChI is InChI=1S/C18H25N3O2S.HI/c1-4-19-18(21-12-15-8-9-24-13-15)20-11-14-6-7-16(22-3)17(10-14)23-5-2;/h6-10,13H,4-5,11-12H2,1-3H3,(H2,19,20,21);1H. The number of hydrogen-bond donors (Lipinski definition) is 2. The Morgan fingerprint density at radius 2 is 1.96 bits per heavy atom. The molecule has 2 aromatic rings. The van der Waals surface area contributed by atoms with Crippen LogP contribution in [0.25, 0.3) is 0 Å². The smallest absolute Gasteiger partial charge is 0.191 e. The van der Waals surface area contributed by atoms with Gasteiger partial charge < -0.3 is 20.1 Å². The first kappa shape index (κ1) is 21.6. The topological polar surface area (TPSA) is 54.9 Å². The van der Waals surface area contributed by atoms with Crippen molar-refractivity contribution in [3.05, 3.63) is 46.2 Å². The average molecular weight is 475 g/mol. The number of halogens is 1. The number of aliphatic imine (C=N–C) groups is 1. The molecule has 2 rings (SSSR count). The second kappa shape index (κ2) is 12.0. The monoisotopic (exact) mass is 475 g/mol. The van der Waals surface area contributed by atoms with Crippen molar-refractivity contribution >= 4 is 41.3 Å². The summed E-state index contributed by atoms with van der Waals surface area (Å²) in [5.74, 6) is 2.32. The normalized spacial score (nSPS) is 10.8. The maximum Gasteiger partial charge on any atom is 0.191 e. The summed E-state index contributed by atoms with van der Waals surface area (Å²) in [4.78, 5) is 4.61. The van der Waals surface area contributed by atoms with Gasteiger partial charge in [-0.15, -0.1) is 24.0 Å². The molecule has 0 radical (unpaired) electrons. The summed E-state index contributed by atoms with van der Waals surface area (Å²) < 4.78 is 10.9. The lowest BCUT2D eigenvalue weighted by atomic mass is 10.2. The fraction of sp³-hybridized carbons (Fsp3) is 0.389. The molecule has 1 aromatic carbocycles. The molecule has 1 heterocycles. The SMILES string of the molecule is CCNC(=NCc1ccsc1)NCc1ccc(OC)c(OCC)c1.I. The molecule has 0 saturated heterocycles. The van der Waals surface area contributed by atoms with Crippen LogP contribution in [0.15, 0.2) is 40.0 Å². The summed E-state index contributed by atoms with van der Waals surface area (Å²) >= 11 is 1.69. The van der Waals surface area contributed by atoms with E-state index in [1.807, 2.05) is 25.1 Å². The van der Waals surface area contributed by atoms with Crippen molar-refractivity contribution in [3.8, 4) is 11.5 Å². The molecule has 0 atom stereocenters. The number of nitrogens with zero attached hydrogens (tertiary/aromatic N) is 1. The fourth-order valence-corrected chi connectivity index (χ4v) is 2.84. The van der Waals surface area contributed by atoms with Gasteiger partial charge in [0, 0.05) is 13.1 Å². The Labute approximate surface area is 170 Å². The molecule has 0 aliphatic rings. The summed E-state index contributed by atoms with van der Waals surface area (Å²) in [6, 6.07) is 8.04. The second-order valence-electron chi connectivity index (χ2n) is 5.10. The Kier molecular flexibility index (Phi) is 10.3. The number of guanidine groups is 1. The first-order valence-corrected chi connectivity index (χ1v) is 9.04. The highest BCUT2D eigenvalue weighted by molar-refractivity contribution is 14.0. The van der Waals surface area contributed by atoms with Gasteiger partial charge in [0.05, 0.1) is 20.3 Å². The van der Waals surface area contributed by atoms with Crippen molar-refractivity contribution in [2.24, 2.45) is 4.99 Å². The predicted molar refractivity (Wildman–Crippen MR) is 116 cm³/mol. The number of hydrogen-bond acceptors (Lipinski definition) is 4. The third-order valence-corrected chi connectivity index (χ3v) is 4.06. The van der Waals surface area contributed by atoms with Gasteiger partial charge in [0.1, 0.15) is 0 Å². The highest BCUT2D eigenvalue weighted by Crippen LogP contribution is 2.27. The Morgan fingerprint density at radius 3 is 2.60 bits per heavy atom. The predicted octanol–water partition coefficient (Wildman–Crippen LogP) is 4.03. The number of thiophene rings is 1. The maximum absolute atomic E-state index is 5.62. The van der Waals surface area contributed by atoms with Gasteiger partial charge in [-0.2, -0.15) is 11.3 Å². The minimum Gasteiger partial charge on any atom is -0.493 e. The third kappa shape index (κ3) is 7.11. The molecule has 0 unspecified atom stereocenters. The van der Waals surface area contributed by atoms with Gasteiger partial charge in [-0.1, -0.05) is 6.07 Å². The van der Waals surface area contributed by atoms with Gasteiger partial charge in [-0.25, -0.2) is 4.99 Å². The van der Waals surface area contributed by atoms with E-state index in [1.54, 1.807) is 18.4 Å². The van der Waals surface area contributed by atoms with E-state index in [4.69, 9.17) is 9.47 Å². The molecule has 1 aromatic heterocycles. The zero-order valence-corrected chi connectivity index (χ0v) is 18.0. The van der Waals surface area contributed by atoms with Crippen LogP contribution >= 0.6 is 35.3 Å². The number of nitrogens with one attached hydrogen (secondary N) is 2. The molecule has 0 spiro atoms. The largest absolute Gasteiger partial charge is 0.493 e. The van der Waals surface area contributed by atoms with Crippen LogP contribution in [0, 0.1) is 0 Å². The molecular weight excluding hydrogens is 449 g/mol. The highest BCUT2D eigenvalue weighted by Gasteiger charge is 2.06. The summed E-state index contributed by atoms with van der Waals surface area (Å²) in [7, 11) is 1.65. The van der Waals surface area contributed by atoms with Crippen LogP contribution in [0.4, 0.5) is 0 Å². The van der Waals surface area contributed by atoms with Crippen LogP contribution in [0.1, 0.15) is 25.0 Å². The van der Waals surface area contributed by atoms with Gasteiger partial charge >= 0.3 is 0 Å². The number of benzene rings is 1. The van der Waals surface area contributed by atoms with Gasteiger partial charge in [-0.3, -0.25) is 0 Å². The number of rotatable bonds is 8.